The lowest BCUT2D eigenvalue weighted by molar-refractivity contribution is -0.145. The first-order chi connectivity index (χ1) is 9.49. The number of nitrogens with zero attached hydrogens (tertiary/aromatic N) is 2. The van der Waals surface area contributed by atoms with Crippen LogP contribution in [0.3, 0.4) is 0 Å². The van der Waals surface area contributed by atoms with E-state index in [0.29, 0.717) is 28.7 Å². The minimum absolute atomic E-state index is 0.408. The summed E-state index contributed by atoms with van der Waals surface area (Å²) in [6, 6.07) is 4.87. The molecule has 2 amide bonds. The van der Waals surface area contributed by atoms with Crippen LogP contribution in [-0.2, 0) is 9.59 Å². The first-order valence-electron chi connectivity index (χ1n) is 6.07. The van der Waals surface area contributed by atoms with Crippen LogP contribution in [-0.4, -0.2) is 36.0 Å². The highest BCUT2D eigenvalue weighted by Gasteiger charge is 2.18. The van der Waals surface area contributed by atoms with E-state index in [-0.39, 0.29) is 0 Å². The van der Waals surface area contributed by atoms with Gasteiger partial charge in [0.1, 0.15) is 0 Å². The first kappa shape index (κ1) is 16.5. The molecule has 0 saturated heterocycles. The van der Waals surface area contributed by atoms with Crippen molar-refractivity contribution in [2.24, 2.45) is 5.10 Å². The Bertz CT molecular complexity index is 528. The molecule has 5 nitrogen and oxygen atoms in total. The Morgan fingerprint density at radius 2 is 1.95 bits per heavy atom. The summed E-state index contributed by atoms with van der Waals surface area (Å²) in [5.74, 6) is -1.40. The second-order valence-corrected chi connectivity index (χ2v) is 4.69. The van der Waals surface area contributed by atoms with Gasteiger partial charge in [0, 0.05) is 23.7 Å². The number of hydrogen-bond donors (Lipinski definition) is 1. The third kappa shape index (κ3) is 4.51. The SMILES string of the molecule is CCN(CC)C(=O)C(=O)N/N=C/c1ccc(Cl)cc1Cl. The van der Waals surface area contributed by atoms with Crippen LogP contribution in [0.1, 0.15) is 19.4 Å². The molecule has 1 aromatic rings. The number of nitrogens with one attached hydrogen (secondary N) is 1. The van der Waals surface area contributed by atoms with Crippen molar-refractivity contribution in [3.05, 3.63) is 33.8 Å². The molecule has 7 heteroatoms. The van der Waals surface area contributed by atoms with Gasteiger partial charge in [-0.1, -0.05) is 29.3 Å². The van der Waals surface area contributed by atoms with E-state index >= 15 is 0 Å². The lowest BCUT2D eigenvalue weighted by Crippen LogP contribution is -2.41. The highest BCUT2D eigenvalue weighted by molar-refractivity contribution is 6.36. The number of carbonyl (C=O) groups excluding carboxylic acids is 2. The molecule has 0 aromatic heterocycles. The molecule has 1 aromatic carbocycles. The number of hydrogen-bond acceptors (Lipinski definition) is 3. The van der Waals surface area contributed by atoms with E-state index in [9.17, 15) is 9.59 Å². The lowest BCUT2D eigenvalue weighted by Gasteiger charge is -2.16. The summed E-state index contributed by atoms with van der Waals surface area (Å²) >= 11 is 11.7. The molecule has 0 unspecified atom stereocenters. The zero-order valence-corrected chi connectivity index (χ0v) is 12.7. The van der Waals surface area contributed by atoms with E-state index in [1.807, 2.05) is 0 Å². The van der Waals surface area contributed by atoms with Gasteiger partial charge < -0.3 is 4.90 Å². The molecule has 0 aliphatic carbocycles. The molecule has 0 spiro atoms. The van der Waals surface area contributed by atoms with Crippen molar-refractivity contribution in [3.63, 3.8) is 0 Å². The number of amides is 2. The fourth-order valence-corrected chi connectivity index (χ4v) is 1.93. The molecule has 1 N–H and O–H groups in total. The Morgan fingerprint density at radius 3 is 2.50 bits per heavy atom. The van der Waals surface area contributed by atoms with Crippen LogP contribution in [0.5, 0.6) is 0 Å². The molecule has 0 aliphatic heterocycles. The van der Waals surface area contributed by atoms with E-state index in [2.05, 4.69) is 10.5 Å². The summed E-state index contributed by atoms with van der Waals surface area (Å²) < 4.78 is 0. The van der Waals surface area contributed by atoms with Gasteiger partial charge in [0.25, 0.3) is 0 Å². The van der Waals surface area contributed by atoms with E-state index < -0.39 is 11.8 Å². The molecule has 20 heavy (non-hydrogen) atoms. The third-order valence-electron chi connectivity index (χ3n) is 2.58. The lowest BCUT2D eigenvalue weighted by atomic mass is 10.2. The molecular formula is C13H15Cl2N3O2. The second kappa shape index (κ2) is 7.87. The predicted molar refractivity (Wildman–Crippen MR) is 80.1 cm³/mol. The van der Waals surface area contributed by atoms with Crippen molar-refractivity contribution in [1.29, 1.82) is 0 Å². The van der Waals surface area contributed by atoms with Gasteiger partial charge in [0.2, 0.25) is 0 Å². The van der Waals surface area contributed by atoms with Crippen LogP contribution in [0.4, 0.5) is 0 Å². The van der Waals surface area contributed by atoms with Crippen molar-refractivity contribution in [2.75, 3.05) is 13.1 Å². The first-order valence-corrected chi connectivity index (χ1v) is 6.82. The minimum Gasteiger partial charge on any atom is -0.335 e. The summed E-state index contributed by atoms with van der Waals surface area (Å²) in [5, 5.41) is 4.62. The summed E-state index contributed by atoms with van der Waals surface area (Å²) in [6.45, 7) is 4.53. The average Bonchev–Trinajstić information content (AvgIpc) is 2.42. The van der Waals surface area contributed by atoms with Gasteiger partial charge in [-0.05, 0) is 26.0 Å². The van der Waals surface area contributed by atoms with Crippen LogP contribution in [0.15, 0.2) is 23.3 Å². The maximum absolute atomic E-state index is 11.7. The Morgan fingerprint density at radius 1 is 1.30 bits per heavy atom. The van der Waals surface area contributed by atoms with Gasteiger partial charge in [-0.25, -0.2) is 5.43 Å². The fourth-order valence-electron chi connectivity index (χ4n) is 1.47. The molecule has 108 valence electrons. The third-order valence-corrected chi connectivity index (χ3v) is 3.14. The summed E-state index contributed by atoms with van der Waals surface area (Å²) in [4.78, 5) is 24.6. The Labute approximate surface area is 127 Å². The molecule has 0 saturated carbocycles. The second-order valence-electron chi connectivity index (χ2n) is 3.84. The summed E-state index contributed by atoms with van der Waals surface area (Å²) in [7, 11) is 0. The number of carbonyl (C=O) groups is 2. The topological polar surface area (TPSA) is 61.8 Å². The van der Waals surface area contributed by atoms with Gasteiger partial charge in [-0.2, -0.15) is 5.10 Å². The van der Waals surface area contributed by atoms with Gasteiger partial charge in [-0.3, -0.25) is 9.59 Å². The Balaban J connectivity index is 2.64. The molecule has 0 aliphatic rings. The van der Waals surface area contributed by atoms with Crippen LogP contribution in [0.25, 0.3) is 0 Å². The van der Waals surface area contributed by atoms with Gasteiger partial charge in [-0.15, -0.1) is 0 Å². The van der Waals surface area contributed by atoms with Gasteiger partial charge >= 0.3 is 11.8 Å². The van der Waals surface area contributed by atoms with E-state index in [0.717, 1.165) is 0 Å². The summed E-state index contributed by atoms with van der Waals surface area (Å²) in [6.07, 6.45) is 1.35. The maximum atomic E-state index is 11.7. The zero-order valence-electron chi connectivity index (χ0n) is 11.2. The Kier molecular flexibility index (Phi) is 6.48. The van der Waals surface area contributed by atoms with Crippen molar-refractivity contribution in [3.8, 4) is 0 Å². The maximum Gasteiger partial charge on any atom is 0.329 e. The summed E-state index contributed by atoms with van der Waals surface area (Å²) in [5.41, 5.74) is 2.76. The predicted octanol–water partition coefficient (Wildman–Crippen LogP) is 2.31. The molecule has 0 fully saturated rings. The standard InChI is InChI=1S/C13H15Cl2N3O2/c1-3-18(4-2)13(20)12(19)17-16-8-9-5-6-10(14)7-11(9)15/h5-8H,3-4H2,1-2H3,(H,17,19)/b16-8+. The van der Waals surface area contributed by atoms with Gasteiger partial charge in [0.15, 0.2) is 0 Å². The largest absolute Gasteiger partial charge is 0.335 e. The quantitative estimate of drug-likeness (QED) is 0.526. The van der Waals surface area contributed by atoms with Crippen molar-refractivity contribution in [2.45, 2.75) is 13.8 Å². The average molecular weight is 316 g/mol. The molecule has 1 rings (SSSR count). The number of likely N-dealkylation sites (N-methyl/N-ethyl adjacent to an activating group) is 1. The monoisotopic (exact) mass is 315 g/mol. The van der Waals surface area contributed by atoms with Crippen molar-refractivity contribution < 1.29 is 9.59 Å². The highest BCUT2D eigenvalue weighted by Crippen LogP contribution is 2.19. The minimum atomic E-state index is -0.782. The van der Waals surface area contributed by atoms with E-state index in [1.165, 1.54) is 11.1 Å². The highest BCUT2D eigenvalue weighted by atomic mass is 35.5. The van der Waals surface area contributed by atoms with Crippen molar-refractivity contribution >= 4 is 41.2 Å². The number of benzene rings is 1. The Hall–Kier alpha value is -1.59. The number of halogens is 2. The van der Waals surface area contributed by atoms with Gasteiger partial charge in [0.05, 0.1) is 11.2 Å². The molecular weight excluding hydrogens is 301 g/mol. The molecule has 0 atom stereocenters. The van der Waals surface area contributed by atoms with Crippen LogP contribution in [0.2, 0.25) is 10.0 Å². The van der Waals surface area contributed by atoms with Crippen molar-refractivity contribution in [1.82, 2.24) is 10.3 Å². The smallest absolute Gasteiger partial charge is 0.329 e. The normalized spacial score (nSPS) is 10.6. The van der Waals surface area contributed by atoms with Crippen LogP contribution >= 0.6 is 23.2 Å². The van der Waals surface area contributed by atoms with E-state index in [4.69, 9.17) is 23.2 Å². The fraction of sp³-hybridized carbons (Fsp3) is 0.308. The number of rotatable bonds is 4. The van der Waals surface area contributed by atoms with E-state index in [1.54, 1.807) is 32.0 Å². The number of hydrazone groups is 1. The zero-order chi connectivity index (χ0) is 15.1. The van der Waals surface area contributed by atoms with Crippen LogP contribution in [0, 0.1) is 0 Å². The molecule has 0 radical (unpaired) electrons. The van der Waals surface area contributed by atoms with Crippen LogP contribution < -0.4 is 5.43 Å². The molecule has 0 bridgehead atoms. The molecule has 0 heterocycles.